The summed E-state index contributed by atoms with van der Waals surface area (Å²) in [6.45, 7) is 0. The van der Waals surface area contributed by atoms with Crippen LogP contribution in [0.15, 0.2) is 59.6 Å². The molecule has 0 saturated carbocycles. The van der Waals surface area contributed by atoms with Crippen molar-refractivity contribution >= 4 is 55.1 Å². The van der Waals surface area contributed by atoms with E-state index in [9.17, 15) is 26.4 Å². The molecule has 1 N–H and O–H groups in total. The summed E-state index contributed by atoms with van der Waals surface area (Å²) in [6, 6.07) is 11.8. The van der Waals surface area contributed by atoms with Crippen molar-refractivity contribution in [1.82, 2.24) is 3.97 Å². The van der Waals surface area contributed by atoms with Crippen molar-refractivity contribution < 1.29 is 26.4 Å². The highest BCUT2D eigenvalue weighted by Crippen LogP contribution is 2.31. The molecule has 10 heteroatoms. The monoisotopic (exact) mass is 494 g/mol. The normalized spacial score (nSPS) is 12.3. The molecule has 0 aliphatic carbocycles. The summed E-state index contributed by atoms with van der Waals surface area (Å²) in [5.41, 5.74) is 0.249. The predicted octanol–water partition coefficient (Wildman–Crippen LogP) is 3.98. The second-order valence-corrected chi connectivity index (χ2v) is 8.14. The van der Waals surface area contributed by atoms with E-state index in [0.29, 0.717) is 14.5 Å². The molecule has 5 nitrogen and oxygen atoms in total. The van der Waals surface area contributed by atoms with Gasteiger partial charge in [0.1, 0.15) is 0 Å². The quantitative estimate of drug-likeness (QED) is 0.561. The van der Waals surface area contributed by atoms with Crippen LogP contribution in [-0.2, 0) is 14.8 Å². The number of nitrogens with one attached hydrogen (secondary N) is 1. The lowest BCUT2D eigenvalue weighted by atomic mass is 10.2. The SMILES string of the molecule is O=C(Nc1ccc2c(ccn2S(=O)(=O)c2ccccc2)c1I)C(F)(F)F. The second-order valence-electron chi connectivity index (χ2n) is 5.24. The van der Waals surface area contributed by atoms with Gasteiger partial charge in [0.2, 0.25) is 0 Å². The standard InChI is InChI=1S/C16H10F3IN2O3S/c17-16(18,19)15(23)21-12-6-7-13-11(14(12)20)8-9-22(13)26(24,25)10-4-2-1-3-5-10/h1-9H,(H,21,23). The van der Waals surface area contributed by atoms with E-state index in [1.54, 1.807) is 46.1 Å². The van der Waals surface area contributed by atoms with Crippen molar-refractivity contribution in [2.24, 2.45) is 0 Å². The second kappa shape index (κ2) is 6.58. The average molecular weight is 494 g/mol. The number of hydrogen-bond acceptors (Lipinski definition) is 3. The van der Waals surface area contributed by atoms with Crippen molar-refractivity contribution in [1.29, 1.82) is 0 Å². The van der Waals surface area contributed by atoms with Crippen LogP contribution in [0.25, 0.3) is 10.9 Å². The van der Waals surface area contributed by atoms with Crippen molar-refractivity contribution in [2.75, 3.05) is 5.32 Å². The first-order valence-electron chi connectivity index (χ1n) is 7.11. The van der Waals surface area contributed by atoms with Gasteiger partial charge in [0.25, 0.3) is 10.0 Å². The van der Waals surface area contributed by atoms with E-state index < -0.39 is 22.1 Å². The molecule has 0 fully saturated rings. The van der Waals surface area contributed by atoms with Crippen LogP contribution in [0, 0.1) is 3.57 Å². The van der Waals surface area contributed by atoms with Gasteiger partial charge in [-0.1, -0.05) is 18.2 Å². The smallest absolute Gasteiger partial charge is 0.317 e. The summed E-state index contributed by atoms with van der Waals surface area (Å²) >= 11 is 1.77. The van der Waals surface area contributed by atoms with Gasteiger partial charge in [-0.15, -0.1) is 0 Å². The number of carbonyl (C=O) groups excluding carboxylic acids is 1. The molecular weight excluding hydrogens is 484 g/mol. The lowest BCUT2D eigenvalue weighted by Gasteiger charge is -2.11. The highest BCUT2D eigenvalue weighted by molar-refractivity contribution is 14.1. The number of alkyl halides is 3. The van der Waals surface area contributed by atoms with Crippen LogP contribution in [0.3, 0.4) is 0 Å². The molecule has 0 saturated heterocycles. The number of nitrogens with zero attached hydrogens (tertiary/aromatic N) is 1. The number of benzene rings is 2. The zero-order valence-corrected chi connectivity index (χ0v) is 15.8. The minimum atomic E-state index is -5.01. The van der Waals surface area contributed by atoms with Crippen LogP contribution in [0.4, 0.5) is 18.9 Å². The third-order valence-electron chi connectivity index (χ3n) is 3.58. The maximum Gasteiger partial charge on any atom is 0.471 e. The first kappa shape index (κ1) is 18.7. The van der Waals surface area contributed by atoms with Crippen molar-refractivity contribution in [3.05, 3.63) is 58.3 Å². The lowest BCUT2D eigenvalue weighted by molar-refractivity contribution is -0.167. The molecule has 0 bridgehead atoms. The van der Waals surface area contributed by atoms with Gasteiger partial charge in [0.05, 0.1) is 16.1 Å². The summed E-state index contributed by atoms with van der Waals surface area (Å²) < 4.78 is 64.2. The number of aromatic nitrogens is 1. The highest BCUT2D eigenvalue weighted by Gasteiger charge is 2.39. The van der Waals surface area contributed by atoms with Crippen LogP contribution in [0.1, 0.15) is 0 Å². The molecule has 2 aromatic carbocycles. The van der Waals surface area contributed by atoms with E-state index in [1.807, 2.05) is 0 Å². The first-order valence-corrected chi connectivity index (χ1v) is 9.62. The van der Waals surface area contributed by atoms with Gasteiger partial charge in [-0.05, 0) is 52.9 Å². The number of rotatable bonds is 3. The van der Waals surface area contributed by atoms with E-state index in [2.05, 4.69) is 0 Å². The Labute approximate surface area is 160 Å². The molecule has 0 aliphatic heterocycles. The Hall–Kier alpha value is -2.08. The zero-order chi connectivity index (χ0) is 19.1. The fraction of sp³-hybridized carbons (Fsp3) is 0.0625. The number of hydrogen-bond donors (Lipinski definition) is 1. The molecule has 3 aromatic rings. The molecule has 136 valence electrons. The third-order valence-corrected chi connectivity index (χ3v) is 6.44. The predicted molar refractivity (Wildman–Crippen MR) is 98.4 cm³/mol. The van der Waals surface area contributed by atoms with Crippen LogP contribution < -0.4 is 5.32 Å². The summed E-state index contributed by atoms with van der Waals surface area (Å²) in [4.78, 5) is 11.2. The minimum absolute atomic E-state index is 0.0460. The minimum Gasteiger partial charge on any atom is -0.317 e. The molecule has 0 radical (unpaired) electrons. The van der Waals surface area contributed by atoms with E-state index in [4.69, 9.17) is 0 Å². The molecule has 1 heterocycles. The average Bonchev–Trinajstić information content (AvgIpc) is 3.03. The largest absolute Gasteiger partial charge is 0.471 e. The van der Waals surface area contributed by atoms with Gasteiger partial charge in [-0.3, -0.25) is 4.79 Å². The van der Waals surface area contributed by atoms with Gasteiger partial charge < -0.3 is 5.32 Å². The van der Waals surface area contributed by atoms with Crippen LogP contribution in [0.2, 0.25) is 0 Å². The van der Waals surface area contributed by atoms with Crippen LogP contribution in [0.5, 0.6) is 0 Å². The van der Waals surface area contributed by atoms with E-state index in [1.165, 1.54) is 36.5 Å². The Bertz CT molecular complexity index is 1090. The summed E-state index contributed by atoms with van der Waals surface area (Å²) in [7, 11) is -3.85. The summed E-state index contributed by atoms with van der Waals surface area (Å²) in [5, 5.41) is 2.20. The Balaban J connectivity index is 2.08. The van der Waals surface area contributed by atoms with Gasteiger partial charge in [-0.25, -0.2) is 12.4 Å². The van der Waals surface area contributed by atoms with Gasteiger partial charge in [0, 0.05) is 15.2 Å². The number of amides is 1. The maximum absolute atomic E-state index is 12.8. The number of carbonyl (C=O) groups is 1. The number of halogens is 4. The lowest BCUT2D eigenvalue weighted by Crippen LogP contribution is -2.30. The maximum atomic E-state index is 12.8. The Morgan fingerprint density at radius 1 is 1.04 bits per heavy atom. The summed E-state index contributed by atoms with van der Waals surface area (Å²) in [5.74, 6) is -2.09. The molecule has 26 heavy (non-hydrogen) atoms. The zero-order valence-electron chi connectivity index (χ0n) is 12.8. The first-order chi connectivity index (χ1) is 12.1. The number of fused-ring (bicyclic) bond motifs is 1. The molecule has 3 rings (SSSR count). The van der Waals surface area contributed by atoms with E-state index in [0.717, 1.165) is 3.97 Å². The fourth-order valence-electron chi connectivity index (χ4n) is 2.36. The summed E-state index contributed by atoms with van der Waals surface area (Å²) in [6.07, 6.45) is -3.69. The van der Waals surface area contributed by atoms with Gasteiger partial charge in [0.15, 0.2) is 0 Å². The van der Waals surface area contributed by atoms with Crippen LogP contribution >= 0.6 is 22.6 Å². The fourth-order valence-corrected chi connectivity index (χ4v) is 4.50. The Morgan fingerprint density at radius 2 is 1.69 bits per heavy atom. The van der Waals surface area contributed by atoms with Crippen molar-refractivity contribution in [2.45, 2.75) is 11.1 Å². The number of anilines is 1. The third kappa shape index (κ3) is 3.30. The highest BCUT2D eigenvalue weighted by atomic mass is 127. The Kier molecular flexibility index (Phi) is 4.73. The van der Waals surface area contributed by atoms with Crippen LogP contribution in [-0.4, -0.2) is 24.5 Å². The topological polar surface area (TPSA) is 68.2 Å². The molecule has 1 amide bonds. The molecular formula is C16H10F3IN2O3S. The molecule has 1 aromatic heterocycles. The Morgan fingerprint density at radius 3 is 2.31 bits per heavy atom. The molecule has 0 unspecified atom stereocenters. The van der Waals surface area contributed by atoms with E-state index in [-0.39, 0.29) is 10.6 Å². The van der Waals surface area contributed by atoms with Crippen molar-refractivity contribution in [3.63, 3.8) is 0 Å². The molecule has 0 aliphatic rings. The van der Waals surface area contributed by atoms with Gasteiger partial charge in [-0.2, -0.15) is 13.2 Å². The van der Waals surface area contributed by atoms with E-state index >= 15 is 0 Å². The molecule has 0 atom stereocenters. The van der Waals surface area contributed by atoms with Gasteiger partial charge >= 0.3 is 12.1 Å². The molecule has 0 spiro atoms. The van der Waals surface area contributed by atoms with Crippen molar-refractivity contribution in [3.8, 4) is 0 Å².